The number of nitrogens with one attached hydrogen (secondary N) is 1. The highest BCUT2D eigenvalue weighted by Gasteiger charge is 2.33. The predicted molar refractivity (Wildman–Crippen MR) is 207 cm³/mol. The number of nitriles is 1. The number of amides is 1. The van der Waals surface area contributed by atoms with Gasteiger partial charge < -0.3 is 29.2 Å². The number of methoxy groups -OCH3 is 2. The van der Waals surface area contributed by atoms with Crippen LogP contribution in [-0.4, -0.2) is 78.4 Å². The molecule has 0 aliphatic heterocycles. The van der Waals surface area contributed by atoms with E-state index in [9.17, 15) is 14.9 Å². The molecule has 0 bridgehead atoms. The van der Waals surface area contributed by atoms with Crippen LogP contribution in [0, 0.1) is 17.1 Å². The molecule has 1 atom stereocenters. The number of carbonyl (C=O) groups excluding carboxylic acids is 2. The Balaban J connectivity index is 1.33. The van der Waals surface area contributed by atoms with Crippen molar-refractivity contribution in [2.45, 2.75) is 83.1 Å². The van der Waals surface area contributed by atoms with Crippen molar-refractivity contribution >= 4 is 23.7 Å². The third-order valence-corrected chi connectivity index (χ3v) is 9.90. The van der Waals surface area contributed by atoms with Gasteiger partial charge in [-0.05, 0) is 81.8 Å². The average Bonchev–Trinajstić information content (AvgIpc) is 3.61. The zero-order valence-corrected chi connectivity index (χ0v) is 32.8. The number of carbonyl (C=O) groups is 2. The van der Waals surface area contributed by atoms with Crippen LogP contribution in [0.25, 0.3) is 11.1 Å². The molecule has 13 heteroatoms. The maximum Gasteiger partial charge on any atom is 0.410 e. The van der Waals surface area contributed by atoms with Crippen LogP contribution in [0.15, 0.2) is 73.1 Å². The minimum atomic E-state index is -0.667. The average molecular weight is 774 g/mol. The lowest BCUT2D eigenvalue weighted by Gasteiger charge is -2.38. The van der Waals surface area contributed by atoms with Crippen molar-refractivity contribution in [3.05, 3.63) is 106 Å². The lowest BCUT2D eigenvalue weighted by Crippen LogP contribution is -2.47. The summed E-state index contributed by atoms with van der Waals surface area (Å²) in [6.07, 6.45) is 6.17. The summed E-state index contributed by atoms with van der Waals surface area (Å²) in [6, 6.07) is 20.9. The number of halogens is 2. The van der Waals surface area contributed by atoms with Crippen LogP contribution in [0.1, 0.15) is 74.6 Å². The molecule has 1 N–H and O–H groups in total. The summed E-state index contributed by atoms with van der Waals surface area (Å²) >= 11 is 6.72. The van der Waals surface area contributed by atoms with E-state index in [0.29, 0.717) is 23.7 Å². The minimum Gasteiger partial charge on any atom is -0.488 e. The lowest BCUT2D eigenvalue weighted by atomic mass is 9.86. The third kappa shape index (κ3) is 11.1. The molecule has 1 aliphatic rings. The Bertz CT molecular complexity index is 1950. The van der Waals surface area contributed by atoms with Crippen LogP contribution in [0.5, 0.6) is 5.75 Å². The number of aromatic nitrogens is 2. The molecular formula is C42H49ClFN5O6. The molecule has 292 valence electrons. The fourth-order valence-electron chi connectivity index (χ4n) is 6.83. The van der Waals surface area contributed by atoms with Crippen molar-refractivity contribution < 1.29 is 32.9 Å². The molecule has 0 saturated heterocycles. The fraction of sp³-hybridized carbons (Fsp3) is 0.429. The standard InChI is InChI=1S/C42H49ClFN5O6/c1-42(2,3)55-41(51)49(26-28-23-47-48(25-28)27-38(50)53-5)33-15-13-32(14-16-33)46-24-35(29-9-7-6-8-10-29)30-11-17-36(43)34(21-30)39-31(22-45)12-18-37(40(39)44)54-20-19-52-4/h6-12,17-18,21,23,25,32-33,35,46H,13-16,19-20,24,26-27H2,1-5H3. The van der Waals surface area contributed by atoms with Crippen LogP contribution in [0.4, 0.5) is 9.18 Å². The van der Waals surface area contributed by atoms with Gasteiger partial charge in [0, 0.05) is 59.6 Å². The molecule has 1 aromatic heterocycles. The predicted octanol–water partition coefficient (Wildman–Crippen LogP) is 7.88. The fourth-order valence-corrected chi connectivity index (χ4v) is 7.04. The van der Waals surface area contributed by atoms with Crippen molar-refractivity contribution in [3.63, 3.8) is 0 Å². The highest BCUT2D eigenvalue weighted by Crippen LogP contribution is 2.39. The highest BCUT2D eigenvalue weighted by molar-refractivity contribution is 6.33. The zero-order chi connectivity index (χ0) is 39.5. The second-order valence-electron chi connectivity index (χ2n) is 14.6. The van der Waals surface area contributed by atoms with Crippen molar-refractivity contribution in [1.82, 2.24) is 20.0 Å². The summed E-state index contributed by atoms with van der Waals surface area (Å²) in [6.45, 7) is 6.84. The van der Waals surface area contributed by atoms with E-state index in [1.807, 2.05) is 51.1 Å². The first-order chi connectivity index (χ1) is 26.4. The molecule has 1 fully saturated rings. The molecule has 3 aromatic carbocycles. The van der Waals surface area contributed by atoms with E-state index in [1.165, 1.54) is 31.0 Å². The van der Waals surface area contributed by atoms with Crippen LogP contribution in [-0.2, 0) is 32.1 Å². The zero-order valence-electron chi connectivity index (χ0n) is 32.0. The number of nitrogens with zero attached hydrogens (tertiary/aromatic N) is 4. The van der Waals surface area contributed by atoms with Crippen molar-refractivity contribution in [3.8, 4) is 22.9 Å². The molecule has 1 heterocycles. The van der Waals surface area contributed by atoms with Crippen LogP contribution < -0.4 is 10.1 Å². The van der Waals surface area contributed by atoms with Crippen molar-refractivity contribution in [2.75, 3.05) is 34.0 Å². The molecule has 4 aromatic rings. The van der Waals surface area contributed by atoms with Gasteiger partial charge in [0.1, 0.15) is 18.8 Å². The molecule has 0 spiro atoms. The van der Waals surface area contributed by atoms with Gasteiger partial charge in [0.15, 0.2) is 11.6 Å². The molecule has 1 unspecified atom stereocenters. The first-order valence-corrected chi connectivity index (χ1v) is 18.8. The molecule has 5 rings (SSSR count). The summed E-state index contributed by atoms with van der Waals surface area (Å²) in [5, 5.41) is 18.3. The monoisotopic (exact) mass is 773 g/mol. The summed E-state index contributed by atoms with van der Waals surface area (Å²) in [5.41, 5.74) is 2.74. The quantitative estimate of drug-likeness (QED) is 0.0948. The molecule has 1 amide bonds. The molecule has 0 radical (unpaired) electrons. The van der Waals surface area contributed by atoms with Gasteiger partial charge in [0.2, 0.25) is 0 Å². The Morgan fingerprint density at radius 2 is 1.80 bits per heavy atom. The summed E-state index contributed by atoms with van der Waals surface area (Å²) < 4.78 is 38.8. The Kier molecular flexibility index (Phi) is 14.3. The van der Waals surface area contributed by atoms with Gasteiger partial charge in [-0.2, -0.15) is 10.4 Å². The first-order valence-electron chi connectivity index (χ1n) is 18.4. The van der Waals surface area contributed by atoms with E-state index in [2.05, 4.69) is 28.6 Å². The Morgan fingerprint density at radius 1 is 1.05 bits per heavy atom. The smallest absolute Gasteiger partial charge is 0.410 e. The van der Waals surface area contributed by atoms with Gasteiger partial charge in [-0.1, -0.05) is 48.0 Å². The number of benzene rings is 3. The minimum absolute atomic E-state index is 0.0169. The highest BCUT2D eigenvalue weighted by atomic mass is 35.5. The second kappa shape index (κ2) is 19.1. The summed E-state index contributed by atoms with van der Waals surface area (Å²) in [7, 11) is 2.87. The van der Waals surface area contributed by atoms with Gasteiger partial charge >= 0.3 is 12.1 Å². The van der Waals surface area contributed by atoms with Crippen molar-refractivity contribution in [1.29, 1.82) is 5.26 Å². The van der Waals surface area contributed by atoms with E-state index >= 15 is 4.39 Å². The SMILES string of the molecule is COCCOc1ccc(C#N)c(-c2cc(C(CNC3CCC(N(Cc4cnn(CC(=O)OC)c4)C(=O)OC(C)(C)C)CC3)c3ccccc3)ccc2Cl)c1F. The topological polar surface area (TPSA) is 128 Å². The molecule has 1 aliphatic carbocycles. The maximum absolute atomic E-state index is 16.0. The van der Waals surface area contributed by atoms with Crippen LogP contribution >= 0.6 is 11.6 Å². The number of hydrogen-bond donors (Lipinski definition) is 1. The lowest BCUT2D eigenvalue weighted by molar-refractivity contribution is -0.141. The van der Waals surface area contributed by atoms with E-state index in [1.54, 1.807) is 23.4 Å². The number of esters is 1. The summed E-state index contributed by atoms with van der Waals surface area (Å²) in [4.78, 5) is 27.1. The Hall–Kier alpha value is -4.96. The van der Waals surface area contributed by atoms with Crippen LogP contribution in [0.2, 0.25) is 5.02 Å². The number of rotatable bonds is 15. The maximum atomic E-state index is 16.0. The second-order valence-corrected chi connectivity index (χ2v) is 15.0. The number of hydrogen-bond acceptors (Lipinski definition) is 9. The van der Waals surface area contributed by atoms with E-state index in [0.717, 1.165) is 42.4 Å². The van der Waals surface area contributed by atoms with E-state index < -0.39 is 23.5 Å². The normalized spacial score (nSPS) is 16.2. The summed E-state index contributed by atoms with van der Waals surface area (Å²) in [5.74, 6) is -1.17. The third-order valence-electron chi connectivity index (χ3n) is 9.57. The van der Waals surface area contributed by atoms with Gasteiger partial charge in [0.25, 0.3) is 0 Å². The van der Waals surface area contributed by atoms with Crippen molar-refractivity contribution in [2.24, 2.45) is 0 Å². The van der Waals surface area contributed by atoms with Gasteiger partial charge in [0.05, 0.1) is 38.1 Å². The molecule has 1 saturated carbocycles. The van der Waals surface area contributed by atoms with E-state index in [4.69, 9.17) is 30.5 Å². The largest absolute Gasteiger partial charge is 0.488 e. The van der Waals surface area contributed by atoms with Gasteiger partial charge in [-0.3, -0.25) is 9.48 Å². The number of ether oxygens (including phenoxy) is 4. The molecule has 55 heavy (non-hydrogen) atoms. The van der Waals surface area contributed by atoms with Crippen LogP contribution in [0.3, 0.4) is 0 Å². The van der Waals surface area contributed by atoms with E-state index in [-0.39, 0.29) is 54.6 Å². The Labute approximate surface area is 327 Å². The molecule has 11 nitrogen and oxygen atoms in total. The Morgan fingerprint density at radius 3 is 2.47 bits per heavy atom. The van der Waals surface area contributed by atoms with Gasteiger partial charge in [-0.25, -0.2) is 9.18 Å². The molecular weight excluding hydrogens is 725 g/mol. The first kappa shape index (κ1) is 41.2. The van der Waals surface area contributed by atoms with Gasteiger partial charge in [-0.15, -0.1) is 0 Å².